The molecule has 0 saturated heterocycles. The van der Waals surface area contributed by atoms with E-state index in [1.54, 1.807) is 24.3 Å². The highest BCUT2D eigenvalue weighted by atomic mass is 32.2. The summed E-state index contributed by atoms with van der Waals surface area (Å²) in [7, 11) is 0. The van der Waals surface area contributed by atoms with Crippen molar-refractivity contribution in [1.82, 2.24) is 16.0 Å². The smallest absolute Gasteiger partial charge is 0.328 e. The zero-order valence-electron chi connectivity index (χ0n) is 20.8. The van der Waals surface area contributed by atoms with E-state index in [1.165, 1.54) is 11.8 Å². The highest BCUT2D eigenvalue weighted by Crippen LogP contribution is 2.07. The zero-order chi connectivity index (χ0) is 27.8. The predicted octanol–water partition coefficient (Wildman–Crippen LogP) is -2.11. The average molecular weight is 540 g/mol. The van der Waals surface area contributed by atoms with Crippen LogP contribution in [0.15, 0.2) is 35.3 Å². The molecule has 0 aliphatic heterocycles. The van der Waals surface area contributed by atoms with Gasteiger partial charge in [0.1, 0.15) is 18.1 Å². The van der Waals surface area contributed by atoms with Crippen LogP contribution in [0, 0.1) is 0 Å². The fourth-order valence-electron chi connectivity index (χ4n) is 3.22. The largest absolute Gasteiger partial charge is 0.480 e. The van der Waals surface area contributed by atoms with Gasteiger partial charge in [-0.25, -0.2) is 4.79 Å². The van der Waals surface area contributed by atoms with Gasteiger partial charge in [-0.05, 0) is 36.8 Å². The van der Waals surface area contributed by atoms with Crippen molar-refractivity contribution in [2.75, 3.05) is 25.2 Å². The molecule has 0 spiro atoms. The van der Waals surface area contributed by atoms with E-state index in [2.05, 4.69) is 20.9 Å². The van der Waals surface area contributed by atoms with Crippen LogP contribution in [0.25, 0.3) is 0 Å². The monoisotopic (exact) mass is 539 g/mol. The Labute approximate surface area is 220 Å². The summed E-state index contributed by atoms with van der Waals surface area (Å²) >= 11 is 1.43. The van der Waals surface area contributed by atoms with E-state index >= 15 is 0 Å². The van der Waals surface area contributed by atoms with E-state index in [0.717, 1.165) is 5.56 Å². The number of carboxylic acid groups (broad SMARTS) is 1. The van der Waals surface area contributed by atoms with Crippen molar-refractivity contribution in [3.8, 4) is 0 Å². The summed E-state index contributed by atoms with van der Waals surface area (Å²) in [5.41, 5.74) is 17.3. The van der Waals surface area contributed by atoms with E-state index < -0.39 is 54.5 Å². The van der Waals surface area contributed by atoms with E-state index in [0.29, 0.717) is 18.7 Å². The van der Waals surface area contributed by atoms with Gasteiger partial charge < -0.3 is 43.4 Å². The number of nitrogens with zero attached hydrogens (tertiary/aromatic N) is 1. The minimum atomic E-state index is -1.52. The van der Waals surface area contributed by atoms with Crippen molar-refractivity contribution < 1.29 is 29.4 Å². The van der Waals surface area contributed by atoms with Crippen molar-refractivity contribution in [3.05, 3.63) is 35.9 Å². The molecule has 0 aliphatic carbocycles. The molecule has 0 aliphatic rings. The molecule has 11 N–H and O–H groups in total. The van der Waals surface area contributed by atoms with Crippen molar-refractivity contribution >= 4 is 41.4 Å². The molecule has 13 nitrogen and oxygen atoms in total. The third-order valence-corrected chi connectivity index (χ3v) is 5.90. The van der Waals surface area contributed by atoms with Gasteiger partial charge in [0, 0.05) is 13.0 Å². The standard InChI is InChI=1S/C23H37N7O6S/c1-37-11-9-16(20(33)30-18(13-31)22(35)36)28-21(34)17(12-14-6-3-2-4-7-14)29-19(32)15(24)8-5-10-27-23(25)26/h2-4,6-7,15-18,31H,5,8-13,24H2,1H3,(H,28,34)(H,29,32)(H,30,33)(H,35,36)(H4,25,26,27). The van der Waals surface area contributed by atoms with Gasteiger partial charge in [0.2, 0.25) is 17.7 Å². The molecule has 0 radical (unpaired) electrons. The van der Waals surface area contributed by atoms with E-state index in [4.69, 9.17) is 22.3 Å². The summed E-state index contributed by atoms with van der Waals surface area (Å²) in [6, 6.07) is 4.39. The first kappa shape index (κ1) is 31.7. The zero-order valence-corrected chi connectivity index (χ0v) is 21.6. The molecule has 3 amide bonds. The van der Waals surface area contributed by atoms with Crippen molar-refractivity contribution in [2.24, 2.45) is 22.2 Å². The molecule has 0 fully saturated rings. The Hall–Kier alpha value is -3.36. The first-order chi connectivity index (χ1) is 17.6. The number of carboxylic acids is 1. The fraction of sp³-hybridized carbons (Fsp3) is 0.522. The normalized spacial score (nSPS) is 13.9. The minimum Gasteiger partial charge on any atom is -0.480 e. The number of aliphatic imine (C=N–C) groups is 1. The first-order valence-electron chi connectivity index (χ1n) is 11.7. The number of carbonyl (C=O) groups is 4. The number of hydrogen-bond acceptors (Lipinski definition) is 8. The molecule has 1 rings (SSSR count). The molecule has 4 atom stereocenters. The lowest BCUT2D eigenvalue weighted by atomic mass is 10.0. The van der Waals surface area contributed by atoms with Gasteiger partial charge in [-0.2, -0.15) is 11.8 Å². The summed E-state index contributed by atoms with van der Waals surface area (Å²) in [6.45, 7) is -0.507. The molecular weight excluding hydrogens is 502 g/mol. The quantitative estimate of drug-likeness (QED) is 0.0609. The van der Waals surface area contributed by atoms with Gasteiger partial charge >= 0.3 is 5.97 Å². The molecule has 0 bridgehead atoms. The number of nitrogens with two attached hydrogens (primary N) is 3. The molecule has 0 aromatic heterocycles. The molecule has 1 aromatic carbocycles. The third-order valence-electron chi connectivity index (χ3n) is 5.26. The first-order valence-corrected chi connectivity index (χ1v) is 13.1. The Morgan fingerprint density at radius 1 is 0.946 bits per heavy atom. The van der Waals surface area contributed by atoms with Crippen molar-refractivity contribution in [2.45, 2.75) is 49.9 Å². The van der Waals surface area contributed by atoms with Crippen molar-refractivity contribution in [1.29, 1.82) is 0 Å². The molecular formula is C23H37N7O6S. The van der Waals surface area contributed by atoms with Gasteiger partial charge in [-0.1, -0.05) is 30.3 Å². The van der Waals surface area contributed by atoms with Crippen LogP contribution in [-0.4, -0.2) is 89.2 Å². The van der Waals surface area contributed by atoms with Crippen LogP contribution < -0.4 is 33.2 Å². The Kier molecular flexibility index (Phi) is 14.7. The van der Waals surface area contributed by atoms with Gasteiger partial charge in [-0.15, -0.1) is 0 Å². The lowest BCUT2D eigenvalue weighted by Gasteiger charge is -2.25. The van der Waals surface area contributed by atoms with Crippen LogP contribution in [0.5, 0.6) is 0 Å². The van der Waals surface area contributed by atoms with E-state index in [1.807, 2.05) is 12.3 Å². The lowest BCUT2D eigenvalue weighted by molar-refractivity contribution is -0.143. The number of carbonyl (C=O) groups excluding carboxylic acids is 3. The molecule has 4 unspecified atom stereocenters. The predicted molar refractivity (Wildman–Crippen MR) is 142 cm³/mol. The highest BCUT2D eigenvalue weighted by molar-refractivity contribution is 7.98. The molecule has 0 heterocycles. The van der Waals surface area contributed by atoms with Crippen LogP contribution >= 0.6 is 11.8 Å². The second kappa shape index (κ2) is 17.2. The summed E-state index contributed by atoms with van der Waals surface area (Å²) in [5.74, 6) is -2.93. The number of rotatable bonds is 17. The number of benzene rings is 1. The van der Waals surface area contributed by atoms with Gasteiger partial charge in [0.25, 0.3) is 0 Å². The maximum atomic E-state index is 13.2. The molecule has 1 aromatic rings. The Morgan fingerprint density at radius 2 is 1.54 bits per heavy atom. The van der Waals surface area contributed by atoms with E-state index in [-0.39, 0.29) is 25.2 Å². The molecule has 206 valence electrons. The van der Waals surface area contributed by atoms with Gasteiger partial charge in [0.15, 0.2) is 5.96 Å². The number of amides is 3. The fourth-order valence-corrected chi connectivity index (χ4v) is 3.69. The van der Waals surface area contributed by atoms with Gasteiger partial charge in [-0.3, -0.25) is 19.4 Å². The number of guanidine groups is 1. The number of aliphatic hydroxyl groups is 1. The summed E-state index contributed by atoms with van der Waals surface area (Å²) in [6.07, 6.45) is 2.88. The van der Waals surface area contributed by atoms with E-state index in [9.17, 15) is 24.3 Å². The highest BCUT2D eigenvalue weighted by Gasteiger charge is 2.30. The third kappa shape index (κ3) is 12.4. The molecule has 37 heavy (non-hydrogen) atoms. The lowest BCUT2D eigenvalue weighted by Crippen LogP contribution is -2.58. The number of aliphatic carboxylic acids is 1. The number of aliphatic hydroxyl groups excluding tert-OH is 1. The SMILES string of the molecule is CSCCC(NC(=O)C(Cc1ccccc1)NC(=O)C(N)CCCN=C(N)N)C(=O)NC(CO)C(=O)O. The second-order valence-electron chi connectivity index (χ2n) is 8.23. The van der Waals surface area contributed by atoms with Crippen LogP contribution in [0.3, 0.4) is 0 Å². The summed E-state index contributed by atoms with van der Waals surface area (Å²) in [4.78, 5) is 53.8. The number of nitrogens with one attached hydrogen (secondary N) is 3. The molecule has 0 saturated carbocycles. The van der Waals surface area contributed by atoms with Crippen LogP contribution in [0.2, 0.25) is 0 Å². The Balaban J connectivity index is 2.99. The average Bonchev–Trinajstić information content (AvgIpc) is 2.86. The minimum absolute atomic E-state index is 0.0636. The topological polar surface area (TPSA) is 235 Å². The maximum Gasteiger partial charge on any atom is 0.328 e. The number of thioether (sulfide) groups is 1. The Bertz CT molecular complexity index is 914. The molecule has 14 heteroatoms. The summed E-state index contributed by atoms with van der Waals surface area (Å²) in [5, 5.41) is 25.8. The van der Waals surface area contributed by atoms with Crippen LogP contribution in [0.4, 0.5) is 0 Å². The summed E-state index contributed by atoms with van der Waals surface area (Å²) < 4.78 is 0. The Morgan fingerprint density at radius 3 is 2.11 bits per heavy atom. The van der Waals surface area contributed by atoms with Gasteiger partial charge in [0.05, 0.1) is 12.6 Å². The second-order valence-corrected chi connectivity index (χ2v) is 9.22. The van der Waals surface area contributed by atoms with Crippen LogP contribution in [-0.2, 0) is 25.6 Å². The van der Waals surface area contributed by atoms with Crippen molar-refractivity contribution in [3.63, 3.8) is 0 Å². The maximum absolute atomic E-state index is 13.2. The number of hydrogen-bond donors (Lipinski definition) is 8. The van der Waals surface area contributed by atoms with Crippen LogP contribution in [0.1, 0.15) is 24.8 Å².